The first-order valence-corrected chi connectivity index (χ1v) is 4.90. The molecule has 88 valence electrons. The summed E-state index contributed by atoms with van der Waals surface area (Å²) in [5.74, 6) is 0.427. The third-order valence-electron chi connectivity index (χ3n) is 1.96. The van der Waals surface area contributed by atoms with Crippen LogP contribution in [0.25, 0.3) is 0 Å². The summed E-state index contributed by atoms with van der Waals surface area (Å²) >= 11 is 0. The molecule has 1 rings (SSSR count). The zero-order chi connectivity index (χ0) is 12.3. The van der Waals surface area contributed by atoms with Crippen molar-refractivity contribution in [1.29, 1.82) is 0 Å². The first-order chi connectivity index (χ1) is 7.29. The van der Waals surface area contributed by atoms with Gasteiger partial charge in [-0.05, 0) is 32.4 Å². The van der Waals surface area contributed by atoms with E-state index in [2.05, 4.69) is 0 Å². The van der Waals surface area contributed by atoms with E-state index in [1.54, 1.807) is 26.8 Å². The molecule has 0 bridgehead atoms. The molecule has 0 saturated heterocycles. The van der Waals surface area contributed by atoms with Gasteiger partial charge < -0.3 is 9.84 Å². The lowest BCUT2D eigenvalue weighted by atomic mass is 10.1. The highest BCUT2D eigenvalue weighted by molar-refractivity contribution is 5.43. The Kier molecular flexibility index (Phi) is 3.49. The predicted molar refractivity (Wildman–Crippen MR) is 59.6 cm³/mol. The van der Waals surface area contributed by atoms with Gasteiger partial charge in [0.25, 0.3) is 5.69 Å². The lowest BCUT2D eigenvalue weighted by Crippen LogP contribution is -2.28. The minimum atomic E-state index is -0.961. The Morgan fingerprint density at radius 1 is 1.50 bits per heavy atom. The number of rotatable bonds is 4. The van der Waals surface area contributed by atoms with Crippen LogP contribution in [-0.2, 0) is 0 Å². The SMILES string of the molecule is Cc1ccc([N+](=O)[O-])cc1OCC(C)(C)O. The van der Waals surface area contributed by atoms with Crippen LogP contribution in [0.1, 0.15) is 19.4 Å². The van der Waals surface area contributed by atoms with Gasteiger partial charge in [0.05, 0.1) is 16.6 Å². The van der Waals surface area contributed by atoms with E-state index in [9.17, 15) is 15.2 Å². The smallest absolute Gasteiger partial charge is 0.273 e. The summed E-state index contributed by atoms with van der Waals surface area (Å²) in [5.41, 5.74) is -0.178. The number of hydrogen-bond donors (Lipinski definition) is 1. The molecule has 0 radical (unpaired) electrons. The minimum Gasteiger partial charge on any atom is -0.490 e. The number of ether oxygens (including phenoxy) is 1. The van der Waals surface area contributed by atoms with E-state index in [0.29, 0.717) is 5.75 Å². The maximum absolute atomic E-state index is 10.6. The fraction of sp³-hybridized carbons (Fsp3) is 0.455. The molecule has 0 amide bonds. The average molecular weight is 225 g/mol. The summed E-state index contributed by atoms with van der Waals surface area (Å²) in [6.07, 6.45) is 0. The maximum atomic E-state index is 10.6. The van der Waals surface area contributed by atoms with Crippen LogP contribution < -0.4 is 4.74 Å². The highest BCUT2D eigenvalue weighted by Crippen LogP contribution is 2.24. The van der Waals surface area contributed by atoms with Crippen molar-refractivity contribution in [3.63, 3.8) is 0 Å². The molecule has 0 aromatic heterocycles. The lowest BCUT2D eigenvalue weighted by Gasteiger charge is -2.18. The predicted octanol–water partition coefficient (Wildman–Crippen LogP) is 2.05. The molecular weight excluding hydrogens is 210 g/mol. The van der Waals surface area contributed by atoms with Crippen LogP contribution in [0.15, 0.2) is 18.2 Å². The second-order valence-electron chi connectivity index (χ2n) is 4.31. The Balaban J connectivity index is 2.86. The van der Waals surface area contributed by atoms with Gasteiger partial charge in [0.15, 0.2) is 0 Å². The van der Waals surface area contributed by atoms with E-state index in [1.807, 2.05) is 0 Å². The molecule has 0 fully saturated rings. The number of nitrogens with zero attached hydrogens (tertiary/aromatic N) is 1. The quantitative estimate of drug-likeness (QED) is 0.628. The van der Waals surface area contributed by atoms with Crippen molar-refractivity contribution < 1.29 is 14.8 Å². The Morgan fingerprint density at radius 2 is 2.12 bits per heavy atom. The van der Waals surface area contributed by atoms with Gasteiger partial charge in [0, 0.05) is 6.07 Å². The van der Waals surface area contributed by atoms with Crippen LogP contribution >= 0.6 is 0 Å². The standard InChI is InChI=1S/C11H15NO4/c1-8-4-5-9(12(14)15)6-10(8)16-7-11(2,3)13/h4-6,13H,7H2,1-3H3. The minimum absolute atomic E-state index is 0.0173. The van der Waals surface area contributed by atoms with Crippen molar-refractivity contribution in [2.45, 2.75) is 26.4 Å². The Hall–Kier alpha value is -1.62. The molecule has 0 atom stereocenters. The van der Waals surface area contributed by atoms with Crippen molar-refractivity contribution in [2.75, 3.05) is 6.61 Å². The van der Waals surface area contributed by atoms with Gasteiger partial charge in [-0.1, -0.05) is 0 Å². The second kappa shape index (κ2) is 4.49. The van der Waals surface area contributed by atoms with Crippen molar-refractivity contribution in [2.24, 2.45) is 0 Å². The van der Waals surface area contributed by atoms with Crippen molar-refractivity contribution >= 4 is 5.69 Å². The third kappa shape index (κ3) is 3.51. The summed E-state index contributed by atoms with van der Waals surface area (Å²) in [7, 11) is 0. The van der Waals surface area contributed by atoms with E-state index in [0.717, 1.165) is 5.56 Å². The zero-order valence-corrected chi connectivity index (χ0v) is 9.56. The number of aryl methyl sites for hydroxylation is 1. The fourth-order valence-corrected chi connectivity index (χ4v) is 1.11. The molecule has 1 aromatic rings. The average Bonchev–Trinajstić information content (AvgIpc) is 2.14. The summed E-state index contributed by atoms with van der Waals surface area (Å²) in [4.78, 5) is 10.1. The van der Waals surface area contributed by atoms with Crippen molar-refractivity contribution in [3.8, 4) is 5.75 Å². The highest BCUT2D eigenvalue weighted by Gasteiger charge is 2.15. The summed E-state index contributed by atoms with van der Waals surface area (Å²) in [6, 6.07) is 4.41. The summed E-state index contributed by atoms with van der Waals surface area (Å²) in [5, 5.41) is 20.1. The largest absolute Gasteiger partial charge is 0.490 e. The van der Waals surface area contributed by atoms with E-state index < -0.39 is 10.5 Å². The van der Waals surface area contributed by atoms with Crippen LogP contribution in [0.3, 0.4) is 0 Å². The Labute approximate surface area is 93.8 Å². The zero-order valence-electron chi connectivity index (χ0n) is 9.56. The maximum Gasteiger partial charge on any atom is 0.273 e. The Morgan fingerprint density at radius 3 is 2.62 bits per heavy atom. The van der Waals surface area contributed by atoms with Gasteiger partial charge in [-0.2, -0.15) is 0 Å². The molecule has 5 nitrogen and oxygen atoms in total. The van der Waals surface area contributed by atoms with Gasteiger partial charge in [-0.25, -0.2) is 0 Å². The van der Waals surface area contributed by atoms with Gasteiger partial charge >= 0.3 is 0 Å². The molecule has 0 aliphatic rings. The highest BCUT2D eigenvalue weighted by atomic mass is 16.6. The number of aliphatic hydroxyl groups is 1. The number of hydrogen-bond acceptors (Lipinski definition) is 4. The Bertz CT molecular complexity index is 395. The number of nitro benzene ring substituents is 1. The van der Waals surface area contributed by atoms with Gasteiger partial charge in [-0.3, -0.25) is 10.1 Å². The molecule has 1 N–H and O–H groups in total. The molecular formula is C11H15NO4. The molecule has 0 aliphatic carbocycles. The lowest BCUT2D eigenvalue weighted by molar-refractivity contribution is -0.385. The van der Waals surface area contributed by atoms with Crippen LogP contribution in [-0.4, -0.2) is 22.2 Å². The summed E-state index contributed by atoms with van der Waals surface area (Å²) < 4.78 is 5.34. The molecule has 1 aromatic carbocycles. The van der Waals surface area contributed by atoms with E-state index in [4.69, 9.17) is 4.74 Å². The first-order valence-electron chi connectivity index (χ1n) is 4.90. The molecule has 0 spiro atoms. The van der Waals surface area contributed by atoms with E-state index >= 15 is 0 Å². The third-order valence-corrected chi connectivity index (χ3v) is 1.96. The number of benzene rings is 1. The van der Waals surface area contributed by atoms with Gasteiger partial charge in [-0.15, -0.1) is 0 Å². The van der Waals surface area contributed by atoms with Crippen LogP contribution in [0.4, 0.5) is 5.69 Å². The monoisotopic (exact) mass is 225 g/mol. The van der Waals surface area contributed by atoms with Crippen molar-refractivity contribution in [1.82, 2.24) is 0 Å². The summed E-state index contributed by atoms with van der Waals surface area (Å²) in [6.45, 7) is 5.11. The molecule has 0 saturated carbocycles. The molecule has 0 heterocycles. The fourth-order valence-electron chi connectivity index (χ4n) is 1.11. The first kappa shape index (κ1) is 12.4. The van der Waals surface area contributed by atoms with Gasteiger partial charge in [0.1, 0.15) is 12.4 Å². The molecule has 0 aliphatic heterocycles. The number of nitro groups is 1. The van der Waals surface area contributed by atoms with Crippen LogP contribution in [0, 0.1) is 17.0 Å². The number of non-ortho nitro benzene ring substituents is 1. The molecule has 0 unspecified atom stereocenters. The van der Waals surface area contributed by atoms with Gasteiger partial charge in [0.2, 0.25) is 0 Å². The van der Waals surface area contributed by atoms with Crippen LogP contribution in [0.5, 0.6) is 5.75 Å². The normalized spacial score (nSPS) is 11.2. The molecule has 5 heteroatoms. The van der Waals surface area contributed by atoms with Crippen molar-refractivity contribution in [3.05, 3.63) is 33.9 Å². The van der Waals surface area contributed by atoms with E-state index in [-0.39, 0.29) is 12.3 Å². The topological polar surface area (TPSA) is 72.6 Å². The second-order valence-corrected chi connectivity index (χ2v) is 4.31. The van der Waals surface area contributed by atoms with Crippen LogP contribution in [0.2, 0.25) is 0 Å². The molecule has 16 heavy (non-hydrogen) atoms. The van der Waals surface area contributed by atoms with E-state index in [1.165, 1.54) is 12.1 Å².